The van der Waals surface area contributed by atoms with Crippen molar-refractivity contribution in [2.24, 2.45) is 0 Å². The van der Waals surface area contributed by atoms with Gasteiger partial charge in [-0.15, -0.1) is 0 Å². The second-order valence-corrected chi connectivity index (χ2v) is 7.46. The molecule has 1 atom stereocenters. The summed E-state index contributed by atoms with van der Waals surface area (Å²) in [6.07, 6.45) is -2.06. The molecule has 0 saturated heterocycles. The number of carbonyl (C=O) groups excluding carboxylic acids is 2. The van der Waals surface area contributed by atoms with Crippen molar-refractivity contribution in [1.29, 1.82) is 0 Å². The lowest BCUT2D eigenvalue weighted by atomic mass is 10.1. The zero-order valence-corrected chi connectivity index (χ0v) is 16.1. The van der Waals surface area contributed by atoms with E-state index in [1.807, 2.05) is 0 Å². The Morgan fingerprint density at radius 1 is 0.893 bits per heavy atom. The van der Waals surface area contributed by atoms with Crippen molar-refractivity contribution in [3.63, 3.8) is 0 Å². The number of carbonyl (C=O) groups is 2. The summed E-state index contributed by atoms with van der Waals surface area (Å²) in [5, 5.41) is 12.4. The third-order valence-electron chi connectivity index (χ3n) is 4.16. The van der Waals surface area contributed by atoms with Crippen LogP contribution in [0.25, 0.3) is 10.8 Å². The fraction of sp³-hybridized carbons (Fsp3) is 0.217. The lowest BCUT2D eigenvalue weighted by Crippen LogP contribution is -2.39. The van der Waals surface area contributed by atoms with Crippen molar-refractivity contribution in [3.8, 4) is 0 Å². The molecule has 1 aliphatic heterocycles. The number of amides is 2. The Kier molecular flexibility index (Phi) is 5.47. The first kappa shape index (κ1) is 19.6. The number of nitrogens with zero attached hydrogens (tertiary/aromatic N) is 1. The summed E-state index contributed by atoms with van der Waals surface area (Å²) in [5.74, 6) is -0.676. The predicted octanol–water partition coefficient (Wildman–Crippen LogP) is 4.84. The molecule has 4 rings (SSSR count). The van der Waals surface area contributed by atoms with Crippen LogP contribution in [0.1, 0.15) is 32.4 Å². The number of aliphatic hydroxyl groups is 1. The third-order valence-corrected chi connectivity index (χ3v) is 4.16. The van der Waals surface area contributed by atoms with Gasteiger partial charge in [0.2, 0.25) is 0 Å². The first-order chi connectivity index (χ1) is 13.3. The van der Waals surface area contributed by atoms with Crippen LogP contribution in [0, 0.1) is 0 Å². The number of imide groups is 1. The van der Waals surface area contributed by atoms with Gasteiger partial charge in [0.05, 0.1) is 5.69 Å². The maximum Gasteiger partial charge on any atom is 0.421 e. The summed E-state index contributed by atoms with van der Waals surface area (Å²) in [7, 11) is 0. The Balaban J connectivity index is 0.000000188. The van der Waals surface area contributed by atoms with Gasteiger partial charge in [-0.25, -0.2) is 9.69 Å². The predicted molar refractivity (Wildman–Crippen MR) is 109 cm³/mol. The molecular formula is C23H23NO4. The van der Waals surface area contributed by atoms with Crippen LogP contribution in [-0.2, 0) is 9.53 Å². The Bertz CT molecular complexity index is 941. The minimum absolute atomic E-state index is 0.379. The Hall–Kier alpha value is -3.18. The molecule has 0 aliphatic carbocycles. The molecule has 0 spiro atoms. The number of aliphatic hydroxyl groups excluding tert-OH is 1. The van der Waals surface area contributed by atoms with E-state index in [1.54, 1.807) is 45.0 Å². The molecule has 0 fully saturated rings. The fourth-order valence-electron chi connectivity index (χ4n) is 2.93. The molecule has 1 N–H and O–H groups in total. The highest BCUT2D eigenvalue weighted by Crippen LogP contribution is 2.36. The maximum atomic E-state index is 12.0. The highest BCUT2D eigenvalue weighted by atomic mass is 16.6. The average molecular weight is 377 g/mol. The van der Waals surface area contributed by atoms with E-state index in [1.165, 1.54) is 10.8 Å². The van der Waals surface area contributed by atoms with Crippen LogP contribution in [0.4, 0.5) is 10.5 Å². The first-order valence-electron chi connectivity index (χ1n) is 9.05. The van der Waals surface area contributed by atoms with E-state index >= 15 is 0 Å². The van der Waals surface area contributed by atoms with E-state index < -0.39 is 23.7 Å². The summed E-state index contributed by atoms with van der Waals surface area (Å²) in [6, 6.07) is 23.3. The summed E-state index contributed by atoms with van der Waals surface area (Å²) in [5.41, 5.74) is 0.109. The molecule has 1 heterocycles. The third kappa shape index (κ3) is 4.21. The molecule has 5 nitrogen and oxygen atoms in total. The first-order valence-corrected chi connectivity index (χ1v) is 9.05. The van der Waals surface area contributed by atoms with Crippen LogP contribution < -0.4 is 4.90 Å². The molecule has 0 saturated carbocycles. The lowest BCUT2D eigenvalue weighted by molar-refractivity contribution is -0.125. The number of ether oxygens (including phenoxy) is 1. The molecule has 1 aliphatic rings. The molecule has 28 heavy (non-hydrogen) atoms. The molecule has 0 bridgehead atoms. The van der Waals surface area contributed by atoms with E-state index in [0.717, 1.165) is 4.90 Å². The highest BCUT2D eigenvalue weighted by molar-refractivity contribution is 6.18. The molecule has 3 aromatic carbocycles. The van der Waals surface area contributed by atoms with Crippen molar-refractivity contribution < 1.29 is 19.4 Å². The van der Waals surface area contributed by atoms with E-state index in [4.69, 9.17) is 4.74 Å². The number of hydrogen-bond donors (Lipinski definition) is 1. The standard InChI is InChI=1S/C13H15NO4.C10H8/c1-13(2,3)18-12(17)14-9-7-5-4-6-8(9)10(15)11(14)16;1-2-6-10-8-4-3-7-9(10)5-1/h4-7,10,15H,1-3H3;1-8H. The summed E-state index contributed by atoms with van der Waals surface area (Å²) < 4.78 is 5.15. The van der Waals surface area contributed by atoms with Crippen molar-refractivity contribution in [2.45, 2.75) is 32.5 Å². The second kappa shape index (κ2) is 7.82. The monoisotopic (exact) mass is 377 g/mol. The highest BCUT2D eigenvalue weighted by Gasteiger charge is 2.41. The summed E-state index contributed by atoms with van der Waals surface area (Å²) >= 11 is 0. The number of hydrogen-bond acceptors (Lipinski definition) is 4. The SMILES string of the molecule is CC(C)(C)OC(=O)N1C(=O)C(O)c2ccccc21.c1ccc2ccccc2c1. The fourth-order valence-corrected chi connectivity index (χ4v) is 2.93. The quantitative estimate of drug-likeness (QED) is 0.609. The second-order valence-electron chi connectivity index (χ2n) is 7.46. The van der Waals surface area contributed by atoms with Crippen LogP contribution in [0.15, 0.2) is 72.8 Å². The van der Waals surface area contributed by atoms with Crippen LogP contribution in [0.5, 0.6) is 0 Å². The van der Waals surface area contributed by atoms with Crippen molar-refractivity contribution in [1.82, 2.24) is 0 Å². The molecule has 1 unspecified atom stereocenters. The maximum absolute atomic E-state index is 12.0. The van der Waals surface area contributed by atoms with Gasteiger partial charge in [-0.3, -0.25) is 4.79 Å². The van der Waals surface area contributed by atoms with Gasteiger partial charge in [0.25, 0.3) is 5.91 Å². The number of rotatable bonds is 0. The summed E-state index contributed by atoms with van der Waals surface area (Å²) in [6.45, 7) is 5.15. The number of para-hydroxylation sites is 1. The lowest BCUT2D eigenvalue weighted by Gasteiger charge is -2.23. The van der Waals surface area contributed by atoms with Crippen LogP contribution in [-0.4, -0.2) is 22.7 Å². The van der Waals surface area contributed by atoms with Gasteiger partial charge in [0, 0.05) is 5.56 Å². The number of fused-ring (bicyclic) bond motifs is 2. The Labute approximate surface area is 164 Å². The molecule has 2 amide bonds. The number of benzene rings is 3. The van der Waals surface area contributed by atoms with Gasteiger partial charge >= 0.3 is 6.09 Å². The summed E-state index contributed by atoms with van der Waals surface area (Å²) in [4.78, 5) is 24.7. The van der Waals surface area contributed by atoms with E-state index in [9.17, 15) is 14.7 Å². The number of anilines is 1. The van der Waals surface area contributed by atoms with Crippen molar-refractivity contribution in [3.05, 3.63) is 78.4 Å². The van der Waals surface area contributed by atoms with Gasteiger partial charge in [-0.1, -0.05) is 66.7 Å². The molecule has 5 heteroatoms. The van der Waals surface area contributed by atoms with Gasteiger partial charge in [0.1, 0.15) is 5.60 Å². The van der Waals surface area contributed by atoms with Gasteiger partial charge in [-0.05, 0) is 37.6 Å². The largest absolute Gasteiger partial charge is 0.443 e. The minimum atomic E-state index is -1.30. The van der Waals surface area contributed by atoms with Crippen molar-refractivity contribution >= 4 is 28.5 Å². The molecule has 0 radical (unpaired) electrons. The smallest absolute Gasteiger partial charge is 0.421 e. The minimum Gasteiger partial charge on any atom is -0.443 e. The van der Waals surface area contributed by atoms with Crippen LogP contribution in [0.3, 0.4) is 0 Å². The van der Waals surface area contributed by atoms with Gasteiger partial charge in [-0.2, -0.15) is 0 Å². The molecule has 0 aromatic heterocycles. The van der Waals surface area contributed by atoms with E-state index in [0.29, 0.717) is 11.3 Å². The van der Waals surface area contributed by atoms with Crippen LogP contribution >= 0.6 is 0 Å². The van der Waals surface area contributed by atoms with Crippen LogP contribution in [0.2, 0.25) is 0 Å². The van der Waals surface area contributed by atoms with E-state index in [2.05, 4.69) is 48.5 Å². The molecule has 144 valence electrons. The average Bonchev–Trinajstić information content (AvgIpc) is 2.92. The van der Waals surface area contributed by atoms with Crippen molar-refractivity contribution in [2.75, 3.05) is 4.90 Å². The Morgan fingerprint density at radius 2 is 1.36 bits per heavy atom. The van der Waals surface area contributed by atoms with E-state index in [-0.39, 0.29) is 0 Å². The van der Waals surface area contributed by atoms with Gasteiger partial charge < -0.3 is 9.84 Å². The zero-order chi connectivity index (χ0) is 20.3. The zero-order valence-electron chi connectivity index (χ0n) is 16.1. The molecular weight excluding hydrogens is 354 g/mol. The van der Waals surface area contributed by atoms with Gasteiger partial charge in [0.15, 0.2) is 6.10 Å². The topological polar surface area (TPSA) is 66.8 Å². The molecule has 3 aromatic rings. The normalized spacial score (nSPS) is 15.6. The Morgan fingerprint density at radius 3 is 1.86 bits per heavy atom.